The molecular weight excluding hydrogens is 362 g/mol. The Labute approximate surface area is 163 Å². The third-order valence-corrected chi connectivity index (χ3v) is 4.21. The van der Waals surface area contributed by atoms with Gasteiger partial charge in [0.1, 0.15) is 11.6 Å². The summed E-state index contributed by atoms with van der Waals surface area (Å²) in [7, 11) is 1.64. The summed E-state index contributed by atoms with van der Waals surface area (Å²) in [6, 6.07) is 18.5. The normalized spacial score (nSPS) is 10.3. The number of nitrogens with zero attached hydrogens (tertiary/aromatic N) is 1. The van der Waals surface area contributed by atoms with E-state index in [1.165, 1.54) is 0 Å². The van der Waals surface area contributed by atoms with E-state index in [0.717, 1.165) is 23.4 Å². The summed E-state index contributed by atoms with van der Waals surface area (Å²) in [5, 5.41) is 6.71. The lowest BCUT2D eigenvalue weighted by Crippen LogP contribution is -2.25. The van der Waals surface area contributed by atoms with Crippen molar-refractivity contribution in [1.29, 1.82) is 0 Å². The van der Waals surface area contributed by atoms with Crippen LogP contribution in [0.5, 0.6) is 5.75 Å². The molecule has 1 aromatic heterocycles. The lowest BCUT2D eigenvalue weighted by molar-refractivity contribution is 0.0954. The first-order valence-corrected chi connectivity index (χ1v) is 8.91. The van der Waals surface area contributed by atoms with Crippen molar-refractivity contribution in [1.82, 2.24) is 10.3 Å². The number of ether oxygens (including phenoxy) is 1. The van der Waals surface area contributed by atoms with Gasteiger partial charge in [-0.1, -0.05) is 29.8 Å². The average Bonchev–Trinajstić information content (AvgIpc) is 2.69. The Kier molecular flexibility index (Phi) is 6.28. The summed E-state index contributed by atoms with van der Waals surface area (Å²) in [4.78, 5) is 16.6. The van der Waals surface area contributed by atoms with Gasteiger partial charge in [0, 0.05) is 29.0 Å². The molecule has 0 bridgehead atoms. The Morgan fingerprint density at radius 1 is 1.11 bits per heavy atom. The fourth-order valence-electron chi connectivity index (χ4n) is 2.57. The Balaban J connectivity index is 1.56. The predicted octanol–water partition coefficient (Wildman–Crippen LogP) is 4.46. The maximum absolute atomic E-state index is 12.4. The number of benzene rings is 2. The molecule has 0 aliphatic rings. The van der Waals surface area contributed by atoms with Crippen LogP contribution in [0.1, 0.15) is 15.9 Å². The molecule has 2 aromatic carbocycles. The minimum Gasteiger partial charge on any atom is -0.497 e. The minimum atomic E-state index is -0.139. The van der Waals surface area contributed by atoms with Crippen molar-refractivity contribution in [2.24, 2.45) is 0 Å². The van der Waals surface area contributed by atoms with E-state index >= 15 is 0 Å². The van der Waals surface area contributed by atoms with E-state index in [2.05, 4.69) is 15.6 Å². The Bertz CT molecular complexity index is 913. The van der Waals surface area contributed by atoms with Gasteiger partial charge in [0.25, 0.3) is 5.91 Å². The lowest BCUT2D eigenvalue weighted by atomic mass is 10.1. The van der Waals surface area contributed by atoms with E-state index in [-0.39, 0.29) is 5.91 Å². The van der Waals surface area contributed by atoms with E-state index < -0.39 is 0 Å². The molecular formula is C21H20ClN3O2. The Morgan fingerprint density at radius 2 is 1.93 bits per heavy atom. The summed E-state index contributed by atoms with van der Waals surface area (Å²) in [6.07, 6.45) is 2.35. The maximum Gasteiger partial charge on any atom is 0.251 e. The molecule has 0 fully saturated rings. The van der Waals surface area contributed by atoms with Crippen LogP contribution in [0.2, 0.25) is 5.02 Å². The van der Waals surface area contributed by atoms with Crippen molar-refractivity contribution in [2.75, 3.05) is 19.0 Å². The quantitative estimate of drug-likeness (QED) is 0.634. The van der Waals surface area contributed by atoms with Gasteiger partial charge in [-0.15, -0.1) is 0 Å². The number of hydrogen-bond donors (Lipinski definition) is 2. The van der Waals surface area contributed by atoms with Crippen LogP contribution in [0, 0.1) is 0 Å². The molecule has 0 saturated heterocycles. The standard InChI is InChI=1S/C21H20ClN3O2/c1-27-19-7-5-15(6-8-19)9-11-24-21(26)16-10-12-23-20(13-16)25-18-4-2-3-17(22)14-18/h2-8,10,12-14H,9,11H2,1H3,(H,23,25)(H,24,26). The fourth-order valence-corrected chi connectivity index (χ4v) is 2.76. The molecule has 0 radical (unpaired) electrons. The van der Waals surface area contributed by atoms with Gasteiger partial charge in [0.15, 0.2) is 0 Å². The molecule has 6 heteroatoms. The highest BCUT2D eigenvalue weighted by Gasteiger charge is 2.07. The van der Waals surface area contributed by atoms with Crippen molar-refractivity contribution >= 4 is 29.0 Å². The van der Waals surface area contributed by atoms with Gasteiger partial charge in [-0.2, -0.15) is 0 Å². The molecule has 3 aromatic rings. The summed E-state index contributed by atoms with van der Waals surface area (Å²) >= 11 is 5.99. The fraction of sp³-hybridized carbons (Fsp3) is 0.143. The van der Waals surface area contributed by atoms with E-state index in [0.29, 0.717) is 22.9 Å². The van der Waals surface area contributed by atoms with E-state index in [1.807, 2.05) is 36.4 Å². The molecule has 138 valence electrons. The third-order valence-electron chi connectivity index (χ3n) is 3.98. The van der Waals surface area contributed by atoms with Crippen molar-refractivity contribution in [2.45, 2.75) is 6.42 Å². The second-order valence-corrected chi connectivity index (χ2v) is 6.36. The molecule has 1 heterocycles. The van der Waals surface area contributed by atoms with Crippen LogP contribution in [-0.4, -0.2) is 24.5 Å². The topological polar surface area (TPSA) is 63.2 Å². The summed E-state index contributed by atoms with van der Waals surface area (Å²) in [5.74, 6) is 1.26. The monoisotopic (exact) mass is 381 g/mol. The molecule has 27 heavy (non-hydrogen) atoms. The van der Waals surface area contributed by atoms with Crippen molar-refractivity contribution in [3.8, 4) is 5.75 Å². The number of nitrogens with one attached hydrogen (secondary N) is 2. The highest BCUT2D eigenvalue weighted by atomic mass is 35.5. The van der Waals surface area contributed by atoms with Crippen LogP contribution in [0.3, 0.4) is 0 Å². The van der Waals surface area contributed by atoms with Gasteiger partial charge in [-0.05, 0) is 54.4 Å². The van der Waals surface area contributed by atoms with Crippen LogP contribution in [0.4, 0.5) is 11.5 Å². The third kappa shape index (κ3) is 5.46. The van der Waals surface area contributed by atoms with E-state index in [4.69, 9.17) is 16.3 Å². The van der Waals surface area contributed by atoms with Gasteiger partial charge < -0.3 is 15.4 Å². The van der Waals surface area contributed by atoms with Gasteiger partial charge in [-0.3, -0.25) is 4.79 Å². The SMILES string of the molecule is COc1ccc(CCNC(=O)c2ccnc(Nc3cccc(Cl)c3)c2)cc1. The molecule has 0 atom stereocenters. The number of amides is 1. The van der Waals surface area contributed by atoms with Crippen molar-refractivity contribution in [3.05, 3.63) is 83.0 Å². The highest BCUT2D eigenvalue weighted by Crippen LogP contribution is 2.19. The maximum atomic E-state index is 12.4. The number of carbonyl (C=O) groups is 1. The largest absolute Gasteiger partial charge is 0.497 e. The van der Waals surface area contributed by atoms with Gasteiger partial charge in [-0.25, -0.2) is 4.98 Å². The summed E-state index contributed by atoms with van der Waals surface area (Å²) in [5.41, 5.74) is 2.49. The summed E-state index contributed by atoms with van der Waals surface area (Å²) in [6.45, 7) is 0.546. The number of aromatic nitrogens is 1. The van der Waals surface area contributed by atoms with E-state index in [1.54, 1.807) is 37.6 Å². The van der Waals surface area contributed by atoms with Crippen LogP contribution >= 0.6 is 11.6 Å². The summed E-state index contributed by atoms with van der Waals surface area (Å²) < 4.78 is 5.14. The first-order valence-electron chi connectivity index (χ1n) is 8.54. The lowest BCUT2D eigenvalue weighted by Gasteiger charge is -2.09. The molecule has 0 aliphatic heterocycles. The number of pyridine rings is 1. The van der Waals surface area contributed by atoms with Crippen LogP contribution in [-0.2, 0) is 6.42 Å². The molecule has 2 N–H and O–H groups in total. The first kappa shape index (κ1) is 18.7. The Morgan fingerprint density at radius 3 is 2.67 bits per heavy atom. The first-order chi connectivity index (χ1) is 13.1. The second-order valence-electron chi connectivity index (χ2n) is 5.92. The number of carbonyl (C=O) groups excluding carboxylic acids is 1. The van der Waals surface area contributed by atoms with E-state index in [9.17, 15) is 4.79 Å². The zero-order valence-electron chi connectivity index (χ0n) is 14.9. The Hall–Kier alpha value is -3.05. The number of methoxy groups -OCH3 is 1. The van der Waals surface area contributed by atoms with Crippen LogP contribution in [0.15, 0.2) is 66.9 Å². The molecule has 5 nitrogen and oxygen atoms in total. The minimum absolute atomic E-state index is 0.139. The number of rotatable bonds is 7. The predicted molar refractivity (Wildman–Crippen MR) is 108 cm³/mol. The number of hydrogen-bond acceptors (Lipinski definition) is 4. The number of anilines is 2. The second kappa shape index (κ2) is 9.05. The van der Waals surface area contributed by atoms with Crippen LogP contribution < -0.4 is 15.4 Å². The molecule has 1 amide bonds. The molecule has 0 unspecified atom stereocenters. The number of halogens is 1. The molecule has 0 spiro atoms. The highest BCUT2D eigenvalue weighted by molar-refractivity contribution is 6.30. The van der Waals surface area contributed by atoms with Crippen molar-refractivity contribution < 1.29 is 9.53 Å². The van der Waals surface area contributed by atoms with Gasteiger partial charge >= 0.3 is 0 Å². The molecule has 3 rings (SSSR count). The van der Waals surface area contributed by atoms with Crippen molar-refractivity contribution in [3.63, 3.8) is 0 Å². The van der Waals surface area contributed by atoms with Gasteiger partial charge in [0.05, 0.1) is 7.11 Å². The van der Waals surface area contributed by atoms with Crippen LogP contribution in [0.25, 0.3) is 0 Å². The smallest absolute Gasteiger partial charge is 0.251 e. The zero-order valence-corrected chi connectivity index (χ0v) is 15.7. The zero-order chi connectivity index (χ0) is 19.1. The average molecular weight is 382 g/mol. The molecule has 0 aliphatic carbocycles. The van der Waals surface area contributed by atoms with Gasteiger partial charge in [0.2, 0.25) is 0 Å². The molecule has 0 saturated carbocycles.